The fourth-order valence-electron chi connectivity index (χ4n) is 4.68. The van der Waals surface area contributed by atoms with E-state index in [1.54, 1.807) is 12.1 Å². The molecule has 0 amide bonds. The van der Waals surface area contributed by atoms with Crippen LogP contribution in [-0.4, -0.2) is 0 Å². The number of hydrogen-bond acceptors (Lipinski definition) is 0. The van der Waals surface area contributed by atoms with Crippen molar-refractivity contribution in [2.24, 2.45) is 17.8 Å². The largest absolute Gasteiger partial charge is 0.207 e. The molecular formula is C21H28F2. The van der Waals surface area contributed by atoms with Crippen molar-refractivity contribution >= 4 is 0 Å². The number of benzene rings is 1. The Labute approximate surface area is 139 Å². The first-order chi connectivity index (χ1) is 11.1. The molecule has 2 fully saturated rings. The van der Waals surface area contributed by atoms with Crippen LogP contribution in [0.2, 0.25) is 0 Å². The quantitative estimate of drug-likeness (QED) is 0.555. The third-order valence-corrected chi connectivity index (χ3v) is 6.36. The molecule has 0 unspecified atom stereocenters. The van der Waals surface area contributed by atoms with Crippen LogP contribution in [0.15, 0.2) is 24.8 Å². The molecule has 0 saturated heterocycles. The van der Waals surface area contributed by atoms with E-state index in [2.05, 4.69) is 12.7 Å². The maximum atomic E-state index is 13.8. The van der Waals surface area contributed by atoms with Crippen molar-refractivity contribution in [3.05, 3.63) is 47.5 Å². The van der Waals surface area contributed by atoms with Crippen molar-refractivity contribution in [2.75, 3.05) is 0 Å². The third kappa shape index (κ3) is 3.67. The number of halogens is 2. The molecule has 0 N–H and O–H groups in total. The van der Waals surface area contributed by atoms with E-state index < -0.39 is 11.6 Å². The number of rotatable bonds is 3. The summed E-state index contributed by atoms with van der Waals surface area (Å²) in [6.07, 6.45) is 12.0. The summed E-state index contributed by atoms with van der Waals surface area (Å²) in [7, 11) is 0. The van der Waals surface area contributed by atoms with Gasteiger partial charge < -0.3 is 0 Å². The normalized spacial score (nSPS) is 31.8. The fraction of sp³-hybridized carbons (Fsp3) is 0.619. The summed E-state index contributed by atoms with van der Waals surface area (Å²) in [5, 5.41) is 0. The van der Waals surface area contributed by atoms with Gasteiger partial charge in [-0.15, -0.1) is 6.58 Å². The molecule has 0 radical (unpaired) electrons. The lowest BCUT2D eigenvalue weighted by Gasteiger charge is -2.37. The standard InChI is InChI=1S/C21H28F2/c1-3-15-4-6-16(7-5-15)17-8-10-18(11-9-17)19-12-20(22)14(2)21(23)13-19/h3,12-13,15-18H,1,4-11H2,2H3. The van der Waals surface area contributed by atoms with Crippen LogP contribution in [0, 0.1) is 36.3 Å². The summed E-state index contributed by atoms with van der Waals surface area (Å²) < 4.78 is 27.6. The van der Waals surface area contributed by atoms with Crippen LogP contribution in [0.4, 0.5) is 8.78 Å². The monoisotopic (exact) mass is 318 g/mol. The molecule has 126 valence electrons. The lowest BCUT2D eigenvalue weighted by atomic mass is 9.68. The predicted molar refractivity (Wildman–Crippen MR) is 91.4 cm³/mol. The molecule has 0 aliphatic heterocycles. The Hall–Kier alpha value is -1.18. The Balaban J connectivity index is 1.57. The van der Waals surface area contributed by atoms with Gasteiger partial charge in [0.1, 0.15) is 11.6 Å². The first kappa shape index (κ1) is 16.7. The molecule has 0 aromatic heterocycles. The predicted octanol–water partition coefficient (Wildman–Crippen LogP) is 6.54. The second-order valence-corrected chi connectivity index (χ2v) is 7.63. The summed E-state index contributed by atoms with van der Waals surface area (Å²) >= 11 is 0. The fourth-order valence-corrected chi connectivity index (χ4v) is 4.68. The zero-order valence-corrected chi connectivity index (χ0v) is 14.2. The minimum absolute atomic E-state index is 0.140. The van der Waals surface area contributed by atoms with E-state index in [0.717, 1.165) is 36.2 Å². The summed E-state index contributed by atoms with van der Waals surface area (Å²) in [4.78, 5) is 0. The van der Waals surface area contributed by atoms with Crippen molar-refractivity contribution in [2.45, 2.75) is 64.2 Å². The Morgan fingerprint density at radius 1 is 0.870 bits per heavy atom. The van der Waals surface area contributed by atoms with Crippen molar-refractivity contribution in [1.82, 2.24) is 0 Å². The van der Waals surface area contributed by atoms with E-state index in [4.69, 9.17) is 0 Å². The minimum Gasteiger partial charge on any atom is -0.207 e. The highest BCUT2D eigenvalue weighted by Gasteiger charge is 2.31. The smallest absolute Gasteiger partial charge is 0.129 e. The van der Waals surface area contributed by atoms with Crippen molar-refractivity contribution < 1.29 is 8.78 Å². The average Bonchev–Trinajstić information content (AvgIpc) is 2.59. The minimum atomic E-state index is -0.398. The van der Waals surface area contributed by atoms with Gasteiger partial charge >= 0.3 is 0 Å². The molecule has 2 aliphatic carbocycles. The van der Waals surface area contributed by atoms with E-state index in [1.807, 2.05) is 0 Å². The highest BCUT2D eigenvalue weighted by Crippen LogP contribution is 2.44. The molecule has 1 aromatic rings. The zero-order chi connectivity index (χ0) is 16.4. The molecular weight excluding hydrogens is 290 g/mol. The van der Waals surface area contributed by atoms with Gasteiger partial charge in [0.05, 0.1) is 0 Å². The van der Waals surface area contributed by atoms with Crippen molar-refractivity contribution in [3.63, 3.8) is 0 Å². The maximum Gasteiger partial charge on any atom is 0.129 e. The van der Waals surface area contributed by atoms with E-state index in [-0.39, 0.29) is 5.56 Å². The Bertz CT molecular complexity index is 524. The second kappa shape index (κ2) is 7.15. The first-order valence-electron chi connectivity index (χ1n) is 9.16. The summed E-state index contributed by atoms with van der Waals surface area (Å²) in [5.41, 5.74) is 1.00. The SMILES string of the molecule is C=CC1CCC(C2CCC(c3cc(F)c(C)c(F)c3)CC2)CC1. The second-order valence-electron chi connectivity index (χ2n) is 7.63. The van der Waals surface area contributed by atoms with Gasteiger partial charge in [0, 0.05) is 5.56 Å². The highest BCUT2D eigenvalue weighted by molar-refractivity contribution is 5.28. The molecule has 0 atom stereocenters. The van der Waals surface area contributed by atoms with Crippen LogP contribution in [0.1, 0.15) is 68.4 Å². The Morgan fingerprint density at radius 2 is 1.35 bits per heavy atom. The molecule has 0 spiro atoms. The molecule has 23 heavy (non-hydrogen) atoms. The molecule has 2 saturated carbocycles. The van der Waals surface area contributed by atoms with Crippen molar-refractivity contribution in [1.29, 1.82) is 0 Å². The van der Waals surface area contributed by atoms with E-state index in [0.29, 0.717) is 5.92 Å². The lowest BCUT2D eigenvalue weighted by Crippen LogP contribution is -2.25. The van der Waals surface area contributed by atoms with E-state index in [1.165, 1.54) is 45.4 Å². The molecule has 3 rings (SSSR count). The van der Waals surface area contributed by atoms with E-state index in [9.17, 15) is 8.78 Å². The summed E-state index contributed by atoms with van der Waals surface area (Å²) in [6, 6.07) is 3.11. The zero-order valence-electron chi connectivity index (χ0n) is 14.2. The van der Waals surface area contributed by atoms with Crippen LogP contribution in [0.5, 0.6) is 0 Å². The summed E-state index contributed by atoms with van der Waals surface area (Å²) in [6.45, 7) is 5.43. The van der Waals surface area contributed by atoms with Crippen LogP contribution in [0.3, 0.4) is 0 Å². The van der Waals surface area contributed by atoms with Crippen molar-refractivity contribution in [3.8, 4) is 0 Å². The molecule has 1 aromatic carbocycles. The van der Waals surface area contributed by atoms with E-state index >= 15 is 0 Å². The average molecular weight is 318 g/mol. The van der Waals surface area contributed by atoms with Crippen LogP contribution in [-0.2, 0) is 0 Å². The van der Waals surface area contributed by atoms with Gasteiger partial charge in [-0.05, 0) is 99.7 Å². The highest BCUT2D eigenvalue weighted by atomic mass is 19.1. The van der Waals surface area contributed by atoms with Crippen LogP contribution in [0.25, 0.3) is 0 Å². The topological polar surface area (TPSA) is 0 Å². The Kier molecular flexibility index (Phi) is 5.18. The van der Waals surface area contributed by atoms with Crippen LogP contribution >= 0.6 is 0 Å². The van der Waals surface area contributed by atoms with Gasteiger partial charge in [-0.25, -0.2) is 8.78 Å². The third-order valence-electron chi connectivity index (χ3n) is 6.36. The number of allylic oxidation sites excluding steroid dienone is 1. The lowest BCUT2D eigenvalue weighted by molar-refractivity contribution is 0.171. The first-order valence-corrected chi connectivity index (χ1v) is 9.16. The Morgan fingerprint density at radius 3 is 1.83 bits per heavy atom. The molecule has 2 heteroatoms. The maximum absolute atomic E-state index is 13.8. The molecule has 2 aliphatic rings. The van der Waals surface area contributed by atoms with Gasteiger partial charge in [-0.1, -0.05) is 6.08 Å². The molecule has 0 heterocycles. The molecule has 0 bridgehead atoms. The van der Waals surface area contributed by atoms with Gasteiger partial charge in [0.15, 0.2) is 0 Å². The number of hydrogen-bond donors (Lipinski definition) is 0. The summed E-state index contributed by atoms with van der Waals surface area (Å²) in [5.74, 6) is 1.94. The van der Waals surface area contributed by atoms with Gasteiger partial charge in [-0.3, -0.25) is 0 Å². The van der Waals surface area contributed by atoms with Gasteiger partial charge in [0.2, 0.25) is 0 Å². The van der Waals surface area contributed by atoms with Gasteiger partial charge in [-0.2, -0.15) is 0 Å². The molecule has 0 nitrogen and oxygen atoms in total. The van der Waals surface area contributed by atoms with Gasteiger partial charge in [0.25, 0.3) is 0 Å². The van der Waals surface area contributed by atoms with Crippen LogP contribution < -0.4 is 0 Å².